The Balaban J connectivity index is 0.803. The highest BCUT2D eigenvalue weighted by molar-refractivity contribution is 7.00. The Morgan fingerprint density at radius 1 is 0.188 bits per heavy atom. The average Bonchev–Trinajstić information content (AvgIpc) is 0.801. The maximum atomic E-state index is 5.45. The molecule has 6 heteroatoms. The van der Waals surface area contributed by atoms with Crippen LogP contribution in [0.15, 0.2) is 425 Å². The van der Waals surface area contributed by atoms with Crippen molar-refractivity contribution in [3.63, 3.8) is 0 Å². The molecule has 0 atom stereocenters. The number of nitrogens with zero attached hydrogens (tertiary/aromatic N) is 5. The van der Waals surface area contributed by atoms with Crippen LogP contribution in [0.4, 0.5) is 34.1 Å². The molecule has 0 saturated heterocycles. The Morgan fingerprint density at radius 2 is 0.491 bits per heavy atom. The molecule has 3 aromatic heterocycles. The van der Waals surface area contributed by atoms with Crippen LogP contribution in [-0.2, 0) is 0 Å². The predicted molar refractivity (Wildman–Crippen MR) is 470 cm³/mol. The summed E-state index contributed by atoms with van der Waals surface area (Å²) >= 11 is 0. The maximum absolute atomic E-state index is 5.45. The summed E-state index contributed by atoms with van der Waals surface area (Å²) in [7, 11) is 0. The van der Waals surface area contributed by atoms with Crippen molar-refractivity contribution in [2.75, 3.05) is 9.80 Å². The average molecular weight is 1420 g/mol. The predicted octanol–water partition coefficient (Wildman–Crippen LogP) is 26.0. The highest BCUT2D eigenvalue weighted by Crippen LogP contribution is 2.50. The number of pyridine rings is 2. The first-order valence-corrected chi connectivity index (χ1v) is 38.4. The van der Waals surface area contributed by atoms with Crippen LogP contribution >= 0.6 is 0 Å². The quantitative estimate of drug-likeness (QED) is 0.102. The molecule has 0 bridgehead atoms. The molecule has 0 saturated carbocycles. The van der Waals surface area contributed by atoms with Gasteiger partial charge in [-0.2, -0.15) is 0 Å². The van der Waals surface area contributed by atoms with Gasteiger partial charge in [-0.25, -0.2) is 9.97 Å². The number of para-hydroxylation sites is 1. The van der Waals surface area contributed by atoms with E-state index in [9.17, 15) is 0 Å². The number of anilines is 6. The Bertz CT molecular complexity index is 6440. The van der Waals surface area contributed by atoms with Gasteiger partial charge in [-0.1, -0.05) is 322 Å². The first-order valence-electron chi connectivity index (χ1n) is 38.4. The third-order valence-electron chi connectivity index (χ3n) is 22.6. The minimum atomic E-state index is -0.166. The molecule has 0 amide bonds. The molecule has 0 spiro atoms. The van der Waals surface area contributed by atoms with Gasteiger partial charge >= 0.3 is 0 Å². The van der Waals surface area contributed by atoms with Crippen molar-refractivity contribution in [3.05, 3.63) is 425 Å². The Morgan fingerprint density at radius 3 is 0.911 bits per heavy atom. The minimum absolute atomic E-state index is 0.166. The molecule has 522 valence electrons. The van der Waals surface area contributed by atoms with Gasteiger partial charge in [0.2, 0.25) is 0 Å². The lowest BCUT2D eigenvalue weighted by atomic mass is 9.33. The van der Waals surface area contributed by atoms with Crippen LogP contribution < -0.4 is 26.2 Å². The Labute approximate surface area is 652 Å². The van der Waals surface area contributed by atoms with Crippen molar-refractivity contribution in [1.29, 1.82) is 0 Å². The number of fused-ring (bicyclic) bond motifs is 7. The van der Waals surface area contributed by atoms with E-state index in [1.54, 1.807) is 0 Å². The molecule has 0 fully saturated rings. The van der Waals surface area contributed by atoms with Crippen LogP contribution in [-0.4, -0.2) is 21.2 Å². The third kappa shape index (κ3) is 11.8. The molecule has 2 aliphatic rings. The van der Waals surface area contributed by atoms with Gasteiger partial charge in [0.05, 0.1) is 39.5 Å². The van der Waals surface area contributed by atoms with Crippen LogP contribution in [0.5, 0.6) is 0 Å². The standard InChI is InChI=1S/C106H70BN5/c1-9-27-71(28-10-1)75-45-53-88(54-46-75)110-102-59-51-83(73-31-13-3-14-32-73)63-93(102)107-94-64-84(74-33-15-4-16-34-74)52-60-103(94)111(89-55-47-76(48-56-89)72-29-11-2-12-30-72)105-70-86(69-104(110)106(105)107)82-50-58-101-92(62-82)90-43-25-26-44-99(90)112(101)100-57-49-81(85-65-95(77-35-17-5-18-36-77)108-96(66-85)78-37-19-6-20-38-78)61-91(100)87-67-97(79-39-21-7-22-40-79)109-98(68-87)80-41-23-8-24-42-80/h1-70H. The number of rotatable bonds is 14. The van der Waals surface area contributed by atoms with E-state index in [0.29, 0.717) is 0 Å². The smallest absolute Gasteiger partial charge is 0.252 e. The van der Waals surface area contributed by atoms with Crippen LogP contribution in [0, 0.1) is 0 Å². The van der Waals surface area contributed by atoms with Gasteiger partial charge in [-0.15, -0.1) is 0 Å². The molecule has 21 rings (SSSR count). The zero-order valence-electron chi connectivity index (χ0n) is 61.2. The van der Waals surface area contributed by atoms with Crippen molar-refractivity contribution in [2.45, 2.75) is 0 Å². The fourth-order valence-electron chi connectivity index (χ4n) is 17.2. The Kier molecular flexibility index (Phi) is 16.3. The van der Waals surface area contributed by atoms with Crippen LogP contribution in [0.1, 0.15) is 0 Å². The lowest BCUT2D eigenvalue weighted by molar-refractivity contribution is 1.18. The number of hydrogen-bond donors (Lipinski definition) is 0. The lowest BCUT2D eigenvalue weighted by Crippen LogP contribution is -2.61. The molecule has 2 aliphatic heterocycles. The zero-order valence-corrected chi connectivity index (χ0v) is 61.2. The zero-order chi connectivity index (χ0) is 74.0. The molecule has 0 aliphatic carbocycles. The van der Waals surface area contributed by atoms with Crippen molar-refractivity contribution in [1.82, 2.24) is 14.5 Å². The van der Waals surface area contributed by atoms with Gasteiger partial charge in [0.15, 0.2) is 0 Å². The summed E-state index contributed by atoms with van der Waals surface area (Å²) in [5.74, 6) is 0. The summed E-state index contributed by atoms with van der Waals surface area (Å²) in [4.78, 5) is 15.9. The summed E-state index contributed by atoms with van der Waals surface area (Å²) < 4.78 is 2.50. The molecule has 0 radical (unpaired) electrons. The third-order valence-corrected chi connectivity index (χ3v) is 22.6. The second-order valence-electron chi connectivity index (χ2n) is 29.2. The van der Waals surface area contributed by atoms with Gasteiger partial charge in [0.25, 0.3) is 6.71 Å². The summed E-state index contributed by atoms with van der Waals surface area (Å²) in [5, 5.41) is 2.30. The van der Waals surface area contributed by atoms with E-state index in [1.165, 1.54) is 49.8 Å². The van der Waals surface area contributed by atoms with E-state index in [-0.39, 0.29) is 6.71 Å². The second kappa shape index (κ2) is 27.8. The van der Waals surface area contributed by atoms with Crippen LogP contribution in [0.3, 0.4) is 0 Å². The SMILES string of the molecule is c1ccc(-c2ccc(N3c4ccc(-c5ccccc5)cc4B4c5cc(-c6ccccc6)ccc5N(c5ccc(-c6ccccc6)cc5)c5cc(-c6ccc7c(c6)c6ccccc6n7-c6ccc(-c7cc(-c8ccccc8)nc(-c8ccccc8)c7)cc6-c6cc(-c7ccccc7)nc(-c7ccccc7)c6)cc3c54)cc2)cc1. The lowest BCUT2D eigenvalue weighted by Gasteiger charge is -2.44. The van der Waals surface area contributed by atoms with E-state index in [1.807, 2.05) is 0 Å². The maximum Gasteiger partial charge on any atom is 0.252 e. The molecule has 0 N–H and O–H groups in total. The van der Waals surface area contributed by atoms with Gasteiger partial charge in [-0.3, -0.25) is 0 Å². The molecule has 19 aromatic rings. The summed E-state index contributed by atoms with van der Waals surface area (Å²) in [6.07, 6.45) is 0. The molecule has 5 nitrogen and oxygen atoms in total. The highest BCUT2D eigenvalue weighted by Gasteiger charge is 2.44. The van der Waals surface area contributed by atoms with E-state index < -0.39 is 0 Å². The van der Waals surface area contributed by atoms with Gasteiger partial charge in [0.1, 0.15) is 0 Å². The van der Waals surface area contributed by atoms with Crippen molar-refractivity contribution in [2.24, 2.45) is 0 Å². The largest absolute Gasteiger partial charge is 0.311 e. The van der Waals surface area contributed by atoms with Gasteiger partial charge < -0.3 is 14.4 Å². The first kappa shape index (κ1) is 65.6. The second-order valence-corrected chi connectivity index (χ2v) is 29.2. The normalized spacial score (nSPS) is 12.1. The molecule has 0 unspecified atom stereocenters. The van der Waals surface area contributed by atoms with Crippen molar-refractivity contribution in [3.8, 4) is 129 Å². The first-order chi connectivity index (χ1) is 55.5. The van der Waals surface area contributed by atoms with Crippen LogP contribution in [0.2, 0.25) is 0 Å². The number of benzene rings is 16. The summed E-state index contributed by atoms with van der Waals surface area (Å²) in [5.41, 5.74) is 37.3. The highest BCUT2D eigenvalue weighted by atomic mass is 15.2. The minimum Gasteiger partial charge on any atom is -0.311 e. The van der Waals surface area contributed by atoms with E-state index >= 15 is 0 Å². The molecular formula is C106H70BN5. The number of hydrogen-bond acceptors (Lipinski definition) is 4. The summed E-state index contributed by atoms with van der Waals surface area (Å²) in [6.45, 7) is -0.166. The van der Waals surface area contributed by atoms with Gasteiger partial charge in [-0.05, 0) is 192 Å². The summed E-state index contributed by atoms with van der Waals surface area (Å²) in [6, 6.07) is 156. The fraction of sp³-hybridized carbons (Fsp3) is 0. The van der Waals surface area contributed by atoms with Crippen molar-refractivity contribution >= 4 is 79.0 Å². The van der Waals surface area contributed by atoms with E-state index in [0.717, 1.165) is 151 Å². The van der Waals surface area contributed by atoms with Crippen molar-refractivity contribution < 1.29 is 0 Å². The monoisotopic (exact) mass is 1420 g/mol. The molecule has 16 aromatic carbocycles. The van der Waals surface area contributed by atoms with E-state index in [4.69, 9.17) is 9.97 Å². The number of aromatic nitrogens is 3. The molecular weight excluding hydrogens is 1350 g/mol. The topological polar surface area (TPSA) is 37.2 Å². The fourth-order valence-corrected chi connectivity index (χ4v) is 17.2. The Hall–Kier alpha value is -14.7. The van der Waals surface area contributed by atoms with Gasteiger partial charge in [0, 0.05) is 72.7 Å². The molecule has 112 heavy (non-hydrogen) atoms. The van der Waals surface area contributed by atoms with E-state index in [2.05, 4.69) is 439 Å². The molecule has 5 heterocycles. The van der Waals surface area contributed by atoms with Crippen LogP contribution in [0.25, 0.3) is 150 Å².